The van der Waals surface area contributed by atoms with Gasteiger partial charge in [-0.25, -0.2) is 0 Å². The van der Waals surface area contributed by atoms with Crippen molar-refractivity contribution in [2.45, 2.75) is 13.3 Å². The SMILES string of the molecule is CCCOc1ccc(C(=O)NNC(=O)COc2ccc3c(c2O)C(=O)c2ccccc2C3=O)cc1OC. The summed E-state index contributed by atoms with van der Waals surface area (Å²) in [5, 5.41) is 10.6. The van der Waals surface area contributed by atoms with Crippen LogP contribution in [0.25, 0.3) is 0 Å². The highest BCUT2D eigenvalue weighted by atomic mass is 16.5. The van der Waals surface area contributed by atoms with Crippen LogP contribution in [0.2, 0.25) is 0 Å². The smallest absolute Gasteiger partial charge is 0.276 e. The fourth-order valence-corrected chi connectivity index (χ4v) is 3.78. The van der Waals surface area contributed by atoms with Crippen molar-refractivity contribution < 1.29 is 38.5 Å². The van der Waals surface area contributed by atoms with Gasteiger partial charge in [0.05, 0.1) is 19.3 Å². The molecule has 190 valence electrons. The highest BCUT2D eigenvalue weighted by molar-refractivity contribution is 6.29. The Morgan fingerprint density at radius 1 is 0.838 bits per heavy atom. The second-order valence-electron chi connectivity index (χ2n) is 8.04. The molecule has 0 atom stereocenters. The Labute approximate surface area is 212 Å². The Balaban J connectivity index is 1.38. The molecule has 0 saturated carbocycles. The number of phenolic OH excluding ortho intramolecular Hbond substituents is 1. The van der Waals surface area contributed by atoms with Gasteiger partial charge in [0, 0.05) is 22.3 Å². The van der Waals surface area contributed by atoms with Crippen molar-refractivity contribution in [3.8, 4) is 23.0 Å². The van der Waals surface area contributed by atoms with Gasteiger partial charge < -0.3 is 19.3 Å². The van der Waals surface area contributed by atoms with E-state index in [-0.39, 0.29) is 33.6 Å². The summed E-state index contributed by atoms with van der Waals surface area (Å²) in [6.07, 6.45) is 0.811. The first-order valence-corrected chi connectivity index (χ1v) is 11.4. The zero-order chi connectivity index (χ0) is 26.5. The average Bonchev–Trinajstić information content (AvgIpc) is 2.92. The molecular formula is C27H24N2O8. The number of carbonyl (C=O) groups excluding carboxylic acids is 4. The van der Waals surface area contributed by atoms with Gasteiger partial charge in [-0.2, -0.15) is 0 Å². The van der Waals surface area contributed by atoms with Gasteiger partial charge in [0.15, 0.2) is 41.2 Å². The minimum Gasteiger partial charge on any atom is -0.504 e. The van der Waals surface area contributed by atoms with Crippen LogP contribution in [-0.4, -0.2) is 48.8 Å². The number of hydrogen-bond acceptors (Lipinski definition) is 8. The summed E-state index contributed by atoms with van der Waals surface area (Å²) in [4.78, 5) is 50.3. The van der Waals surface area contributed by atoms with E-state index in [1.54, 1.807) is 24.3 Å². The Morgan fingerprint density at radius 2 is 1.54 bits per heavy atom. The fraction of sp³-hybridized carbons (Fsp3) is 0.185. The number of rotatable bonds is 8. The minimum absolute atomic E-state index is 0.0480. The number of phenols is 1. The van der Waals surface area contributed by atoms with Crippen molar-refractivity contribution in [1.29, 1.82) is 0 Å². The second-order valence-corrected chi connectivity index (χ2v) is 8.04. The molecule has 0 radical (unpaired) electrons. The maximum atomic E-state index is 12.9. The van der Waals surface area contributed by atoms with Crippen LogP contribution < -0.4 is 25.1 Å². The van der Waals surface area contributed by atoms with Gasteiger partial charge >= 0.3 is 0 Å². The molecule has 0 heterocycles. The summed E-state index contributed by atoms with van der Waals surface area (Å²) in [6, 6.07) is 13.6. The third-order valence-corrected chi connectivity index (χ3v) is 5.59. The maximum Gasteiger partial charge on any atom is 0.276 e. The average molecular weight is 504 g/mol. The van der Waals surface area contributed by atoms with Crippen molar-refractivity contribution in [2.75, 3.05) is 20.3 Å². The van der Waals surface area contributed by atoms with Crippen LogP contribution in [0.15, 0.2) is 54.6 Å². The third-order valence-electron chi connectivity index (χ3n) is 5.59. The van der Waals surface area contributed by atoms with Crippen LogP contribution in [-0.2, 0) is 4.79 Å². The predicted octanol–water partition coefficient (Wildman–Crippen LogP) is 2.81. The zero-order valence-electron chi connectivity index (χ0n) is 20.1. The number of ketones is 2. The van der Waals surface area contributed by atoms with E-state index in [4.69, 9.17) is 14.2 Å². The fourth-order valence-electron chi connectivity index (χ4n) is 3.78. The van der Waals surface area contributed by atoms with E-state index in [9.17, 15) is 24.3 Å². The summed E-state index contributed by atoms with van der Waals surface area (Å²) < 4.78 is 16.2. The third kappa shape index (κ3) is 5.08. The molecule has 0 aromatic heterocycles. The van der Waals surface area contributed by atoms with E-state index in [0.29, 0.717) is 18.1 Å². The number of hydrogen-bond donors (Lipinski definition) is 3. The first-order valence-electron chi connectivity index (χ1n) is 11.4. The molecule has 0 unspecified atom stereocenters. The molecule has 3 aromatic carbocycles. The zero-order valence-corrected chi connectivity index (χ0v) is 20.1. The summed E-state index contributed by atoms with van der Waals surface area (Å²) in [6.45, 7) is 1.88. The molecule has 0 fully saturated rings. The molecule has 37 heavy (non-hydrogen) atoms. The van der Waals surface area contributed by atoms with E-state index >= 15 is 0 Å². The van der Waals surface area contributed by atoms with Gasteiger partial charge in [-0.15, -0.1) is 0 Å². The van der Waals surface area contributed by atoms with E-state index in [1.807, 2.05) is 6.92 Å². The molecule has 0 saturated heterocycles. The molecule has 3 N–H and O–H groups in total. The van der Waals surface area contributed by atoms with Gasteiger partial charge in [0.25, 0.3) is 11.8 Å². The number of amides is 2. The van der Waals surface area contributed by atoms with E-state index in [2.05, 4.69) is 10.9 Å². The molecule has 10 nitrogen and oxygen atoms in total. The molecule has 1 aliphatic rings. The van der Waals surface area contributed by atoms with Crippen LogP contribution in [0.5, 0.6) is 23.0 Å². The number of nitrogens with one attached hydrogen (secondary N) is 2. The highest BCUT2D eigenvalue weighted by Gasteiger charge is 2.33. The van der Waals surface area contributed by atoms with Gasteiger partial charge in [0.2, 0.25) is 0 Å². The molecular weight excluding hydrogens is 480 g/mol. The largest absolute Gasteiger partial charge is 0.504 e. The highest BCUT2D eigenvalue weighted by Crippen LogP contribution is 2.38. The molecule has 0 aliphatic heterocycles. The summed E-state index contributed by atoms with van der Waals surface area (Å²) in [5.74, 6) is -2.09. The van der Waals surface area contributed by atoms with E-state index in [1.165, 1.54) is 37.4 Å². The molecule has 1 aliphatic carbocycles. The number of benzene rings is 3. The van der Waals surface area contributed by atoms with Crippen LogP contribution in [0.1, 0.15) is 55.5 Å². The lowest BCUT2D eigenvalue weighted by Gasteiger charge is -2.19. The Bertz CT molecular complexity index is 1400. The standard InChI is InChI=1S/C27H24N2O8/c1-3-12-36-19-10-8-15(13-21(19)35-2)27(34)29-28-22(30)14-37-20-11-9-18-23(26(20)33)25(32)17-7-5-4-6-16(17)24(18)31/h4-11,13,33H,3,12,14H2,1-2H3,(H,28,30)(H,29,34). The molecule has 0 bridgehead atoms. The molecule has 2 amide bonds. The number of carbonyl (C=O) groups is 4. The summed E-state index contributed by atoms with van der Waals surface area (Å²) >= 11 is 0. The monoisotopic (exact) mass is 504 g/mol. The molecule has 10 heteroatoms. The van der Waals surface area contributed by atoms with E-state index in [0.717, 1.165) is 6.42 Å². The van der Waals surface area contributed by atoms with Crippen LogP contribution in [0.3, 0.4) is 0 Å². The number of aromatic hydroxyl groups is 1. The lowest BCUT2D eigenvalue weighted by Crippen LogP contribution is -2.43. The summed E-state index contributed by atoms with van der Waals surface area (Å²) in [5.41, 5.74) is 4.98. The molecule has 0 spiro atoms. The Hall–Kier alpha value is -4.86. The van der Waals surface area contributed by atoms with Crippen molar-refractivity contribution >= 4 is 23.4 Å². The number of methoxy groups -OCH3 is 1. The van der Waals surface area contributed by atoms with Gasteiger partial charge in [-0.05, 0) is 36.8 Å². The predicted molar refractivity (Wildman–Crippen MR) is 131 cm³/mol. The summed E-state index contributed by atoms with van der Waals surface area (Å²) in [7, 11) is 1.45. The van der Waals surface area contributed by atoms with Gasteiger partial charge in [-0.3, -0.25) is 30.0 Å². The normalized spacial score (nSPS) is 11.7. The van der Waals surface area contributed by atoms with Crippen molar-refractivity contribution in [2.24, 2.45) is 0 Å². The Kier molecular flexibility index (Phi) is 7.38. The van der Waals surface area contributed by atoms with Gasteiger partial charge in [0.1, 0.15) is 0 Å². The lowest BCUT2D eigenvalue weighted by molar-refractivity contribution is -0.123. The van der Waals surface area contributed by atoms with Crippen LogP contribution >= 0.6 is 0 Å². The van der Waals surface area contributed by atoms with Crippen LogP contribution in [0, 0.1) is 0 Å². The first kappa shape index (κ1) is 25.2. The maximum absolute atomic E-state index is 12.9. The quantitative estimate of drug-likeness (QED) is 0.311. The molecule has 3 aromatic rings. The Morgan fingerprint density at radius 3 is 2.24 bits per heavy atom. The van der Waals surface area contributed by atoms with Crippen molar-refractivity contribution in [1.82, 2.24) is 10.9 Å². The topological polar surface area (TPSA) is 140 Å². The van der Waals surface area contributed by atoms with Crippen LogP contribution in [0.4, 0.5) is 0 Å². The second kappa shape index (κ2) is 10.8. The number of ether oxygens (including phenoxy) is 3. The van der Waals surface area contributed by atoms with E-state index < -0.39 is 35.7 Å². The van der Waals surface area contributed by atoms with Gasteiger partial charge in [-0.1, -0.05) is 31.2 Å². The molecule has 4 rings (SSSR count). The lowest BCUT2D eigenvalue weighted by atomic mass is 9.83. The first-order chi connectivity index (χ1) is 17.8. The number of fused-ring (bicyclic) bond motifs is 2. The minimum atomic E-state index is -0.729. The van der Waals surface area contributed by atoms with Crippen molar-refractivity contribution in [3.63, 3.8) is 0 Å². The van der Waals surface area contributed by atoms with Crippen molar-refractivity contribution in [3.05, 3.63) is 82.4 Å². The number of hydrazine groups is 1.